The van der Waals surface area contributed by atoms with Gasteiger partial charge in [-0.15, -0.1) is 0 Å². The van der Waals surface area contributed by atoms with Gasteiger partial charge in [0.1, 0.15) is 0 Å². The highest BCUT2D eigenvalue weighted by molar-refractivity contribution is 7.03. The van der Waals surface area contributed by atoms with Crippen molar-refractivity contribution in [3.8, 4) is 0 Å². The van der Waals surface area contributed by atoms with Crippen LogP contribution in [0.2, 0.25) is 48.4 Å². The normalized spacial score (nSPS) is 46.4. The Labute approximate surface area is 272 Å². The maximum absolute atomic E-state index is 7.40. The molecule has 0 aromatic carbocycles. The molecule has 0 saturated carbocycles. The van der Waals surface area contributed by atoms with Gasteiger partial charge in [0.25, 0.3) is 0 Å². The highest BCUT2D eigenvalue weighted by Gasteiger charge is 2.82. The van der Waals surface area contributed by atoms with Crippen molar-refractivity contribution < 1.29 is 49.4 Å². The Balaban J connectivity index is 1.88. The second-order valence-corrected chi connectivity index (χ2v) is 37.2. The van der Waals surface area contributed by atoms with Crippen LogP contribution in [0.15, 0.2) is 0 Å². The van der Waals surface area contributed by atoms with Crippen molar-refractivity contribution in [2.24, 2.45) is 5.73 Å². The van der Waals surface area contributed by atoms with E-state index < -0.39 is 70.4 Å². The van der Waals surface area contributed by atoms with E-state index in [-0.39, 0.29) is 6.54 Å². The minimum Gasteiger partial charge on any atom is -0.373 e. The molecule has 0 aromatic heterocycles. The van der Waals surface area contributed by atoms with Crippen LogP contribution in [0.3, 0.4) is 0 Å². The van der Waals surface area contributed by atoms with Gasteiger partial charge >= 0.3 is 70.4 Å². The van der Waals surface area contributed by atoms with Crippen LogP contribution in [-0.2, 0) is 49.4 Å². The first-order chi connectivity index (χ1) is 21.0. The molecule has 0 aliphatic carbocycles. The zero-order valence-corrected chi connectivity index (χ0v) is 35.8. The standard InChI is InChI=1S/C23H55NO12Si8/c1-8-16-37-25-38(17-9-2)28-41(20-12-5)30-39(26-37,18-10-3)32-43(22-14-7)33-40(27-37,19-11-4)31-42(29-38,21-13-6)35-44(34-41,36-43)23-15-24/h8-24H2,1-7H3. The summed E-state index contributed by atoms with van der Waals surface area (Å²) in [5.74, 6) is 0. The maximum Gasteiger partial charge on any atom is 0.480 e. The molecule has 2 N–H and O–H groups in total. The van der Waals surface area contributed by atoms with E-state index in [1.54, 1.807) is 0 Å². The SMILES string of the molecule is CCC[Si]12O[Si]3(CCC)O[Si]4(CCC)O[Si](CCC)(O1)O[Si]1(CCC)O[Si](CCC)(O2)O[Si](CCC)(O3)O[Si](CCN)(O4)O1. The van der Waals surface area contributed by atoms with Gasteiger partial charge in [-0.25, -0.2) is 0 Å². The predicted octanol–water partition coefficient (Wildman–Crippen LogP) is 5.59. The average molecular weight is 762 g/mol. The molecular weight excluding hydrogens is 707 g/mol. The van der Waals surface area contributed by atoms with Crippen molar-refractivity contribution in [3.63, 3.8) is 0 Å². The Bertz CT molecular complexity index is 708. The van der Waals surface area contributed by atoms with Gasteiger partial charge in [-0.1, -0.05) is 93.4 Å². The zero-order chi connectivity index (χ0) is 31.8. The minimum atomic E-state index is -3.76. The second-order valence-electron chi connectivity index (χ2n) is 12.5. The van der Waals surface area contributed by atoms with E-state index in [2.05, 4.69) is 48.5 Å². The number of rotatable bonds is 16. The average Bonchev–Trinajstić information content (AvgIpc) is 2.85. The third-order valence-electron chi connectivity index (χ3n) is 8.08. The smallest absolute Gasteiger partial charge is 0.373 e. The third-order valence-corrected chi connectivity index (χ3v) is 46.6. The van der Waals surface area contributed by atoms with E-state index in [1.165, 1.54) is 0 Å². The van der Waals surface area contributed by atoms with Gasteiger partial charge in [-0.3, -0.25) is 0 Å². The molecule has 6 aliphatic rings. The Morgan fingerprint density at radius 1 is 0.273 bits per heavy atom. The fourth-order valence-electron chi connectivity index (χ4n) is 6.89. The molecule has 0 atom stereocenters. The van der Waals surface area contributed by atoms with Crippen LogP contribution in [0, 0.1) is 0 Å². The molecule has 6 rings (SSSR count). The highest BCUT2D eigenvalue weighted by Crippen LogP contribution is 2.54. The van der Waals surface area contributed by atoms with Crippen molar-refractivity contribution in [3.05, 3.63) is 0 Å². The molecule has 0 amide bonds. The number of nitrogens with two attached hydrogens (primary N) is 1. The summed E-state index contributed by atoms with van der Waals surface area (Å²) in [5.41, 5.74) is 6.32. The maximum atomic E-state index is 7.40. The Morgan fingerprint density at radius 2 is 0.409 bits per heavy atom. The molecule has 6 saturated heterocycles. The molecule has 0 spiro atoms. The van der Waals surface area contributed by atoms with Crippen molar-refractivity contribution in [1.82, 2.24) is 0 Å². The van der Waals surface area contributed by atoms with Crippen LogP contribution in [-0.4, -0.2) is 77.0 Å². The molecule has 0 unspecified atom stereocenters. The van der Waals surface area contributed by atoms with Gasteiger partial charge in [0, 0.05) is 48.4 Å². The molecule has 0 aromatic rings. The fraction of sp³-hybridized carbons (Fsp3) is 1.00. The Kier molecular flexibility index (Phi) is 11.5. The monoisotopic (exact) mass is 761 g/mol. The zero-order valence-electron chi connectivity index (χ0n) is 27.8. The Hall–Kier alpha value is 1.22. The minimum absolute atomic E-state index is 0.276. The molecule has 6 fully saturated rings. The van der Waals surface area contributed by atoms with Crippen LogP contribution < -0.4 is 5.73 Å². The summed E-state index contributed by atoms with van der Waals surface area (Å²) in [5, 5.41) is 0. The molecule has 0 radical (unpaired) electrons. The van der Waals surface area contributed by atoms with Crippen LogP contribution in [0.5, 0.6) is 0 Å². The van der Waals surface area contributed by atoms with E-state index in [4.69, 9.17) is 55.1 Å². The van der Waals surface area contributed by atoms with Crippen LogP contribution in [0.25, 0.3) is 0 Å². The molecule has 256 valence electrons. The summed E-state index contributed by atoms with van der Waals surface area (Å²) in [6.45, 7) is 15.0. The Morgan fingerprint density at radius 3 is 0.523 bits per heavy atom. The van der Waals surface area contributed by atoms with Gasteiger partial charge in [-0.05, 0) is 6.54 Å². The summed E-state index contributed by atoms with van der Waals surface area (Å²) in [4.78, 5) is 0. The number of hydrogen-bond acceptors (Lipinski definition) is 13. The van der Waals surface area contributed by atoms with E-state index in [0.717, 1.165) is 44.9 Å². The van der Waals surface area contributed by atoms with E-state index in [0.29, 0.717) is 48.4 Å². The summed E-state index contributed by atoms with van der Waals surface area (Å²) >= 11 is 0. The van der Waals surface area contributed by atoms with E-state index in [9.17, 15) is 0 Å². The lowest BCUT2D eigenvalue weighted by molar-refractivity contribution is -0.0303. The summed E-state index contributed by atoms with van der Waals surface area (Å²) in [6, 6.07) is 4.00. The first-order valence-corrected chi connectivity index (χ1v) is 32.5. The van der Waals surface area contributed by atoms with Gasteiger partial charge in [-0.2, -0.15) is 0 Å². The predicted molar refractivity (Wildman–Crippen MR) is 179 cm³/mol. The molecule has 21 heteroatoms. The fourth-order valence-corrected chi connectivity index (χ4v) is 57.1. The van der Waals surface area contributed by atoms with Gasteiger partial charge in [0.2, 0.25) is 0 Å². The van der Waals surface area contributed by atoms with Crippen molar-refractivity contribution >= 4 is 70.4 Å². The molecule has 13 nitrogen and oxygen atoms in total. The second kappa shape index (κ2) is 13.8. The summed E-state index contributed by atoms with van der Waals surface area (Å²) in [6.07, 6.45) is 5.27. The molecule has 44 heavy (non-hydrogen) atoms. The topological polar surface area (TPSA) is 137 Å². The van der Waals surface area contributed by atoms with Crippen molar-refractivity contribution in [1.29, 1.82) is 0 Å². The summed E-state index contributed by atoms with van der Waals surface area (Å²) in [7, 11) is -29.5. The lowest BCUT2D eigenvalue weighted by atomic mass is 10.6. The largest absolute Gasteiger partial charge is 0.480 e. The highest BCUT2D eigenvalue weighted by atomic mass is 28.6. The number of hydrogen-bond donors (Lipinski definition) is 1. The van der Waals surface area contributed by atoms with E-state index >= 15 is 0 Å². The quantitative estimate of drug-likeness (QED) is 0.196. The van der Waals surface area contributed by atoms with E-state index in [1.807, 2.05) is 0 Å². The third kappa shape index (κ3) is 6.96. The van der Waals surface area contributed by atoms with Gasteiger partial charge in [0.05, 0.1) is 0 Å². The lowest BCUT2D eigenvalue weighted by Gasteiger charge is -2.63. The van der Waals surface area contributed by atoms with Crippen molar-refractivity contribution in [2.75, 3.05) is 6.54 Å². The van der Waals surface area contributed by atoms with Crippen molar-refractivity contribution in [2.45, 2.75) is 142 Å². The van der Waals surface area contributed by atoms with Crippen LogP contribution in [0.1, 0.15) is 93.4 Å². The molecule has 6 heterocycles. The van der Waals surface area contributed by atoms with Crippen LogP contribution in [0.4, 0.5) is 0 Å². The molecule has 6 aliphatic heterocycles. The summed E-state index contributed by atoms with van der Waals surface area (Å²) < 4.78 is 88.5. The first-order valence-electron chi connectivity index (χ1n) is 17.1. The van der Waals surface area contributed by atoms with Gasteiger partial charge in [0.15, 0.2) is 0 Å². The molecular formula is C23H55NO12Si8. The van der Waals surface area contributed by atoms with Gasteiger partial charge < -0.3 is 55.1 Å². The lowest BCUT2D eigenvalue weighted by Crippen LogP contribution is -2.88. The molecule has 8 bridgehead atoms. The first kappa shape index (κ1) is 36.5. The van der Waals surface area contributed by atoms with Crippen LogP contribution >= 0.6 is 0 Å².